The number of hydrogen-bond donors (Lipinski definition) is 0. The van der Waals surface area contributed by atoms with Crippen molar-refractivity contribution < 1.29 is 9.53 Å². The highest BCUT2D eigenvalue weighted by Gasteiger charge is 2.29. The van der Waals surface area contributed by atoms with Gasteiger partial charge in [-0.05, 0) is 56.0 Å². The molecule has 0 saturated heterocycles. The predicted molar refractivity (Wildman–Crippen MR) is 159 cm³/mol. The molecule has 1 aliphatic carbocycles. The predicted octanol–water partition coefficient (Wildman–Crippen LogP) is 7.19. The molecule has 1 saturated carbocycles. The third-order valence-corrected chi connectivity index (χ3v) is 8.89. The smallest absolute Gasteiger partial charge is 0.337 e. The van der Waals surface area contributed by atoms with Crippen LogP contribution in [-0.4, -0.2) is 46.7 Å². The fourth-order valence-electron chi connectivity index (χ4n) is 6.87. The van der Waals surface area contributed by atoms with Crippen molar-refractivity contribution in [3.05, 3.63) is 59.3 Å². The zero-order valence-electron chi connectivity index (χ0n) is 23.6. The van der Waals surface area contributed by atoms with Crippen LogP contribution < -0.4 is 0 Å². The quantitative estimate of drug-likeness (QED) is 0.206. The van der Waals surface area contributed by atoms with E-state index in [0.717, 1.165) is 50.2 Å². The number of carbonyl (C=O) groups is 1. The van der Waals surface area contributed by atoms with Crippen molar-refractivity contribution in [3.63, 3.8) is 0 Å². The van der Waals surface area contributed by atoms with Crippen LogP contribution in [0.3, 0.4) is 0 Å². The molecule has 3 heterocycles. The molecule has 1 aliphatic heterocycles. The minimum absolute atomic E-state index is 0.276. The summed E-state index contributed by atoms with van der Waals surface area (Å²) >= 11 is 0. The van der Waals surface area contributed by atoms with Gasteiger partial charge in [0, 0.05) is 41.1 Å². The van der Waals surface area contributed by atoms with Crippen molar-refractivity contribution in [3.8, 4) is 23.1 Å². The van der Waals surface area contributed by atoms with Gasteiger partial charge < -0.3 is 13.9 Å². The van der Waals surface area contributed by atoms with Crippen molar-refractivity contribution in [1.29, 1.82) is 0 Å². The number of methoxy groups -OCH3 is 1. The lowest BCUT2D eigenvalue weighted by molar-refractivity contribution is 0.0601. The first-order chi connectivity index (χ1) is 19.1. The fourth-order valence-corrected chi connectivity index (χ4v) is 6.87. The lowest BCUT2D eigenvalue weighted by atomic mass is 9.81. The number of carbonyl (C=O) groups excluding carboxylic acids is 1. The van der Waals surface area contributed by atoms with E-state index in [0.29, 0.717) is 11.5 Å². The minimum atomic E-state index is -0.276. The van der Waals surface area contributed by atoms with Crippen LogP contribution in [0.15, 0.2) is 42.6 Å². The number of aryl methyl sites for hydroxylation is 2. The highest BCUT2D eigenvalue weighted by molar-refractivity contribution is 6.04. The summed E-state index contributed by atoms with van der Waals surface area (Å²) in [4.78, 5) is 14.8. The van der Waals surface area contributed by atoms with E-state index < -0.39 is 0 Å². The van der Waals surface area contributed by atoms with E-state index in [1.807, 2.05) is 6.07 Å². The molecule has 0 amide bonds. The van der Waals surface area contributed by atoms with E-state index in [4.69, 9.17) is 4.74 Å². The Hall–Kier alpha value is -3.49. The number of fused-ring (bicyclic) bond motifs is 4. The van der Waals surface area contributed by atoms with Gasteiger partial charge in [-0.2, -0.15) is 0 Å². The van der Waals surface area contributed by atoms with Crippen LogP contribution in [0.4, 0.5) is 0 Å². The second kappa shape index (κ2) is 10.9. The van der Waals surface area contributed by atoms with Gasteiger partial charge in [0.1, 0.15) is 0 Å². The van der Waals surface area contributed by atoms with Gasteiger partial charge in [0.05, 0.1) is 36.0 Å². The van der Waals surface area contributed by atoms with Gasteiger partial charge >= 0.3 is 5.97 Å². The molecule has 202 valence electrons. The molecular weight excluding hydrogens is 482 g/mol. The van der Waals surface area contributed by atoms with Crippen molar-refractivity contribution >= 4 is 27.8 Å². The highest BCUT2D eigenvalue weighted by atomic mass is 16.5. The second-order valence-electron chi connectivity index (χ2n) is 11.0. The molecule has 6 rings (SSSR count). The molecule has 0 atom stereocenters. The van der Waals surface area contributed by atoms with Gasteiger partial charge in [0.25, 0.3) is 0 Å². The molecule has 0 spiro atoms. The summed E-state index contributed by atoms with van der Waals surface area (Å²) in [6.45, 7) is 9.07. The summed E-state index contributed by atoms with van der Waals surface area (Å²) in [5.74, 6) is 7.22. The lowest BCUT2D eigenvalue weighted by Gasteiger charge is -2.25. The van der Waals surface area contributed by atoms with Gasteiger partial charge in [-0.1, -0.05) is 69.2 Å². The molecule has 1 fully saturated rings. The molecule has 2 aliphatic rings. The summed E-state index contributed by atoms with van der Waals surface area (Å²) < 4.78 is 10.0. The van der Waals surface area contributed by atoms with Gasteiger partial charge in [-0.3, -0.25) is 4.90 Å². The molecule has 0 N–H and O–H groups in total. The molecule has 2 aromatic carbocycles. The number of aromatic nitrogens is 2. The summed E-state index contributed by atoms with van der Waals surface area (Å²) in [5, 5.41) is 2.53. The largest absolute Gasteiger partial charge is 0.465 e. The average molecular weight is 522 g/mol. The molecule has 39 heavy (non-hydrogen) atoms. The van der Waals surface area contributed by atoms with Crippen molar-refractivity contribution in [2.75, 3.05) is 26.7 Å². The van der Waals surface area contributed by atoms with E-state index in [1.54, 1.807) is 0 Å². The van der Waals surface area contributed by atoms with E-state index >= 15 is 0 Å². The monoisotopic (exact) mass is 521 g/mol. The highest BCUT2D eigenvalue weighted by Crippen LogP contribution is 2.46. The van der Waals surface area contributed by atoms with Crippen LogP contribution in [0.2, 0.25) is 0 Å². The Labute approximate surface area is 231 Å². The van der Waals surface area contributed by atoms with Gasteiger partial charge in [0.15, 0.2) is 0 Å². The molecule has 0 bridgehead atoms. The van der Waals surface area contributed by atoms with E-state index in [9.17, 15) is 4.79 Å². The third kappa shape index (κ3) is 4.55. The number of benzene rings is 2. The molecule has 5 heteroatoms. The van der Waals surface area contributed by atoms with Crippen molar-refractivity contribution in [2.45, 2.75) is 71.4 Å². The van der Waals surface area contributed by atoms with E-state index in [-0.39, 0.29) is 5.97 Å². The Kier molecular flexibility index (Phi) is 7.23. The molecular formula is C34H39N3O2. The summed E-state index contributed by atoms with van der Waals surface area (Å²) in [6, 6.07) is 12.9. The SMILES string of the molecule is CCN(CC)CC#Cc1cn2c3c(cccc13)-c1c(C3CCCCC3)c3ccc(C(=O)OC)cc3n1CCC2. The van der Waals surface area contributed by atoms with Crippen LogP contribution in [0, 0.1) is 11.8 Å². The number of rotatable bonds is 5. The van der Waals surface area contributed by atoms with Crippen LogP contribution >= 0.6 is 0 Å². The van der Waals surface area contributed by atoms with E-state index in [2.05, 4.69) is 76.3 Å². The number of ether oxygens (including phenoxy) is 1. The summed E-state index contributed by atoms with van der Waals surface area (Å²) in [5.41, 5.74) is 8.29. The number of para-hydroxylation sites is 1. The van der Waals surface area contributed by atoms with Crippen LogP contribution in [0.5, 0.6) is 0 Å². The van der Waals surface area contributed by atoms with Crippen LogP contribution in [0.1, 0.15) is 79.8 Å². The standard InChI is InChI=1S/C34H39N3O2/c1-4-35(5-2)19-10-14-26-23-36-20-11-21-37-30-22-25(34(38)39-3)17-18-28(30)31(24-12-7-6-8-13-24)33(37)29-16-9-15-27(26)32(29)36/h9,15-18,22-24H,4-8,11-13,19-21H2,1-3H3. The van der Waals surface area contributed by atoms with Crippen LogP contribution in [-0.2, 0) is 17.8 Å². The minimum Gasteiger partial charge on any atom is -0.465 e. The van der Waals surface area contributed by atoms with Crippen molar-refractivity contribution in [2.24, 2.45) is 0 Å². The van der Waals surface area contributed by atoms with E-state index in [1.165, 1.54) is 72.3 Å². The van der Waals surface area contributed by atoms with Crippen molar-refractivity contribution in [1.82, 2.24) is 14.0 Å². The normalized spacial score (nSPS) is 15.6. The molecule has 2 aromatic heterocycles. The Morgan fingerprint density at radius 2 is 1.85 bits per heavy atom. The van der Waals surface area contributed by atoms with Gasteiger partial charge in [0.2, 0.25) is 0 Å². The maximum Gasteiger partial charge on any atom is 0.337 e. The maximum absolute atomic E-state index is 12.5. The lowest BCUT2D eigenvalue weighted by Crippen LogP contribution is -2.22. The zero-order valence-corrected chi connectivity index (χ0v) is 23.6. The first-order valence-corrected chi connectivity index (χ1v) is 14.7. The Morgan fingerprint density at radius 3 is 2.62 bits per heavy atom. The molecule has 4 aromatic rings. The third-order valence-electron chi connectivity index (χ3n) is 8.89. The first kappa shape index (κ1) is 25.8. The average Bonchev–Trinajstić information content (AvgIpc) is 3.49. The Morgan fingerprint density at radius 1 is 1.03 bits per heavy atom. The number of nitrogens with zero attached hydrogens (tertiary/aromatic N) is 3. The Bertz CT molecular complexity index is 1590. The first-order valence-electron chi connectivity index (χ1n) is 14.7. The van der Waals surface area contributed by atoms with Crippen LogP contribution in [0.25, 0.3) is 33.1 Å². The topological polar surface area (TPSA) is 39.4 Å². The summed E-state index contributed by atoms with van der Waals surface area (Å²) in [7, 11) is 1.46. The molecule has 0 radical (unpaired) electrons. The Balaban J connectivity index is 1.58. The number of esters is 1. The van der Waals surface area contributed by atoms with Gasteiger partial charge in [-0.15, -0.1) is 0 Å². The second-order valence-corrected chi connectivity index (χ2v) is 11.0. The molecule has 0 unspecified atom stereocenters. The zero-order chi connectivity index (χ0) is 26.9. The fraction of sp³-hybridized carbons (Fsp3) is 0.441. The maximum atomic E-state index is 12.5. The molecule has 5 nitrogen and oxygen atoms in total. The summed E-state index contributed by atoms with van der Waals surface area (Å²) in [6.07, 6.45) is 9.64. The number of hydrogen-bond acceptors (Lipinski definition) is 3. The van der Waals surface area contributed by atoms with Gasteiger partial charge in [-0.25, -0.2) is 4.79 Å².